The summed E-state index contributed by atoms with van der Waals surface area (Å²) in [7, 11) is 0. The molecule has 0 saturated carbocycles. The molecule has 0 aliphatic rings. The van der Waals surface area contributed by atoms with E-state index < -0.39 is 0 Å². The van der Waals surface area contributed by atoms with Crippen LogP contribution in [0.5, 0.6) is 0 Å². The molecule has 12 aromatic rings. The van der Waals surface area contributed by atoms with Crippen LogP contribution in [0.1, 0.15) is 0 Å². The van der Waals surface area contributed by atoms with Crippen molar-refractivity contribution >= 4 is 75.4 Å². The Morgan fingerprint density at radius 2 is 0.638 bits per heavy atom. The number of rotatable bonds is 4. The van der Waals surface area contributed by atoms with Gasteiger partial charge in [-0.05, 0) is 156 Å². The molecule has 0 atom stereocenters. The molecule has 0 heterocycles. The van der Waals surface area contributed by atoms with Gasteiger partial charge in [0.05, 0.1) is 0 Å². The van der Waals surface area contributed by atoms with Gasteiger partial charge in [0.1, 0.15) is 0 Å². The summed E-state index contributed by atoms with van der Waals surface area (Å²) in [5, 5.41) is 17.6. The average Bonchev–Trinajstić information content (AvgIpc) is 3.29. The molecule has 0 radical (unpaired) electrons. The summed E-state index contributed by atoms with van der Waals surface area (Å²) >= 11 is 0. The molecule has 0 spiro atoms. The molecule has 12 aromatic carbocycles. The van der Waals surface area contributed by atoms with Gasteiger partial charge >= 0.3 is 0 Å². The lowest BCUT2D eigenvalue weighted by Crippen LogP contribution is -1.93. The first kappa shape index (κ1) is 32.7. The molecule has 268 valence electrons. The van der Waals surface area contributed by atoms with Crippen molar-refractivity contribution in [3.63, 3.8) is 0 Å². The quantitative estimate of drug-likeness (QED) is 0.125. The number of fused-ring (bicyclic) bond motifs is 8. The van der Waals surface area contributed by atoms with Crippen LogP contribution in [0.4, 0.5) is 0 Å². The second kappa shape index (κ2) is 13.0. The zero-order chi connectivity index (χ0) is 38.2. The third-order valence-corrected chi connectivity index (χ3v) is 12.4. The van der Waals surface area contributed by atoms with E-state index in [-0.39, 0.29) is 0 Å². The Morgan fingerprint density at radius 3 is 1.38 bits per heavy atom. The van der Waals surface area contributed by atoms with Crippen LogP contribution < -0.4 is 0 Å². The molecule has 12 rings (SSSR count). The van der Waals surface area contributed by atoms with E-state index in [1.807, 2.05) is 0 Å². The standard InChI is InChI=1S/C58H36/c1-3-13-39-31-44(25-23-37(39)11-1)42-17-9-18-47(34-42)57-52-19-7-8-20-53(52)58(48-26-24-38-12-2-4-14-40(38)33-48)56-36-46(28-30-54(56)57)49-21-10-22-50-51(49)29-27-45-32-41-15-5-6-16-43(41)35-55(45)50/h1-36H. The lowest BCUT2D eigenvalue weighted by molar-refractivity contribution is 1.62. The number of hydrogen-bond donors (Lipinski definition) is 0. The fraction of sp³-hybridized carbons (Fsp3) is 0. The molecule has 0 aromatic heterocycles. The largest absolute Gasteiger partial charge is 0.0616 e. The zero-order valence-electron chi connectivity index (χ0n) is 31.8. The maximum absolute atomic E-state index is 2.46. The molecule has 0 fully saturated rings. The van der Waals surface area contributed by atoms with Crippen molar-refractivity contribution in [2.24, 2.45) is 0 Å². The van der Waals surface area contributed by atoms with Crippen molar-refractivity contribution < 1.29 is 0 Å². The fourth-order valence-electron chi connectivity index (χ4n) is 9.57. The van der Waals surface area contributed by atoms with Gasteiger partial charge in [0.15, 0.2) is 0 Å². The first-order valence-corrected chi connectivity index (χ1v) is 20.2. The molecule has 0 unspecified atom stereocenters. The lowest BCUT2D eigenvalue weighted by atomic mass is 9.83. The fourth-order valence-corrected chi connectivity index (χ4v) is 9.57. The normalized spacial score (nSPS) is 11.8. The van der Waals surface area contributed by atoms with Crippen molar-refractivity contribution in [2.75, 3.05) is 0 Å². The Labute approximate surface area is 336 Å². The molecule has 58 heavy (non-hydrogen) atoms. The van der Waals surface area contributed by atoms with Crippen molar-refractivity contribution in [1.29, 1.82) is 0 Å². The molecule has 0 saturated heterocycles. The molecule has 0 amide bonds. The van der Waals surface area contributed by atoms with Crippen LogP contribution in [0, 0.1) is 0 Å². The van der Waals surface area contributed by atoms with Crippen LogP contribution in [-0.4, -0.2) is 0 Å². The van der Waals surface area contributed by atoms with Crippen LogP contribution in [0.25, 0.3) is 120 Å². The highest BCUT2D eigenvalue weighted by atomic mass is 14.2. The first-order valence-electron chi connectivity index (χ1n) is 20.2. The third kappa shape index (κ3) is 5.23. The van der Waals surface area contributed by atoms with Gasteiger partial charge in [-0.15, -0.1) is 0 Å². The predicted octanol–water partition coefficient (Wildman–Crippen LogP) is 16.4. The predicted molar refractivity (Wildman–Crippen MR) is 251 cm³/mol. The average molecular weight is 733 g/mol. The van der Waals surface area contributed by atoms with Crippen molar-refractivity contribution in [1.82, 2.24) is 0 Å². The minimum Gasteiger partial charge on any atom is -0.0616 e. The maximum Gasteiger partial charge on any atom is -0.00259 e. The van der Waals surface area contributed by atoms with Gasteiger partial charge in [0.25, 0.3) is 0 Å². The van der Waals surface area contributed by atoms with Gasteiger partial charge in [0.2, 0.25) is 0 Å². The Kier molecular flexibility index (Phi) is 7.33. The van der Waals surface area contributed by atoms with E-state index in [0.717, 1.165) is 0 Å². The maximum atomic E-state index is 2.46. The molecule has 0 nitrogen and oxygen atoms in total. The van der Waals surface area contributed by atoms with Crippen molar-refractivity contribution in [2.45, 2.75) is 0 Å². The van der Waals surface area contributed by atoms with Gasteiger partial charge in [-0.3, -0.25) is 0 Å². The SMILES string of the molecule is c1cc(-c2ccc3ccccc3c2)cc(-c2c3ccccc3c(-c3ccc4ccccc4c3)c3cc(-c4cccc5c4ccc4cc6ccccc6cc45)ccc23)c1. The Balaban J connectivity index is 1.13. The second-order valence-electron chi connectivity index (χ2n) is 15.6. The zero-order valence-corrected chi connectivity index (χ0v) is 31.8. The van der Waals surface area contributed by atoms with Crippen molar-refractivity contribution in [3.8, 4) is 44.5 Å². The molecule has 0 bridgehead atoms. The van der Waals surface area contributed by atoms with Crippen molar-refractivity contribution in [3.05, 3.63) is 218 Å². The Bertz CT molecular complexity index is 3620. The molecule has 0 aliphatic carbocycles. The smallest absolute Gasteiger partial charge is 0.00259 e. The highest BCUT2D eigenvalue weighted by molar-refractivity contribution is 6.23. The van der Waals surface area contributed by atoms with E-state index in [1.165, 1.54) is 120 Å². The number of hydrogen-bond acceptors (Lipinski definition) is 0. The first-order chi connectivity index (χ1) is 28.7. The molecule has 0 N–H and O–H groups in total. The van der Waals surface area contributed by atoms with Gasteiger partial charge in [-0.25, -0.2) is 0 Å². The molecule has 0 aliphatic heterocycles. The van der Waals surface area contributed by atoms with Gasteiger partial charge < -0.3 is 0 Å². The van der Waals surface area contributed by atoms with Gasteiger partial charge in [-0.2, -0.15) is 0 Å². The second-order valence-corrected chi connectivity index (χ2v) is 15.6. The van der Waals surface area contributed by atoms with E-state index in [1.54, 1.807) is 0 Å². The van der Waals surface area contributed by atoms with Crippen LogP contribution in [-0.2, 0) is 0 Å². The highest BCUT2D eigenvalue weighted by Crippen LogP contribution is 2.46. The van der Waals surface area contributed by atoms with E-state index in [0.29, 0.717) is 0 Å². The third-order valence-electron chi connectivity index (χ3n) is 12.4. The summed E-state index contributed by atoms with van der Waals surface area (Å²) < 4.78 is 0. The molecular weight excluding hydrogens is 697 g/mol. The van der Waals surface area contributed by atoms with E-state index >= 15 is 0 Å². The van der Waals surface area contributed by atoms with Crippen LogP contribution in [0.15, 0.2) is 218 Å². The summed E-state index contributed by atoms with van der Waals surface area (Å²) in [4.78, 5) is 0. The topological polar surface area (TPSA) is 0 Å². The van der Waals surface area contributed by atoms with Crippen LogP contribution in [0.3, 0.4) is 0 Å². The minimum absolute atomic E-state index is 1.21. The summed E-state index contributed by atoms with van der Waals surface area (Å²) in [6.07, 6.45) is 0. The van der Waals surface area contributed by atoms with Crippen LogP contribution >= 0.6 is 0 Å². The van der Waals surface area contributed by atoms with Gasteiger partial charge in [0, 0.05) is 0 Å². The van der Waals surface area contributed by atoms with E-state index in [2.05, 4.69) is 218 Å². The molecule has 0 heteroatoms. The summed E-state index contributed by atoms with van der Waals surface area (Å²) in [5.41, 5.74) is 9.87. The minimum atomic E-state index is 1.21. The summed E-state index contributed by atoms with van der Waals surface area (Å²) in [6.45, 7) is 0. The lowest BCUT2D eigenvalue weighted by Gasteiger charge is -2.20. The Hall–Kier alpha value is -7.54. The van der Waals surface area contributed by atoms with E-state index in [4.69, 9.17) is 0 Å². The van der Waals surface area contributed by atoms with E-state index in [9.17, 15) is 0 Å². The molecular formula is C58H36. The summed E-state index contributed by atoms with van der Waals surface area (Å²) in [6, 6.07) is 81.2. The highest BCUT2D eigenvalue weighted by Gasteiger charge is 2.19. The Morgan fingerprint density at radius 1 is 0.172 bits per heavy atom. The van der Waals surface area contributed by atoms with Crippen LogP contribution in [0.2, 0.25) is 0 Å². The van der Waals surface area contributed by atoms with Gasteiger partial charge in [-0.1, -0.05) is 182 Å². The monoisotopic (exact) mass is 732 g/mol. The summed E-state index contributed by atoms with van der Waals surface area (Å²) in [5.74, 6) is 0. The number of benzene rings is 12.